The minimum Gasteiger partial charge on any atom is -0.371 e. The summed E-state index contributed by atoms with van der Waals surface area (Å²) >= 11 is 0. The lowest BCUT2D eigenvalue weighted by atomic mass is 10.1. The quantitative estimate of drug-likeness (QED) is 0.742. The van der Waals surface area contributed by atoms with Crippen LogP contribution >= 0.6 is 0 Å². The Bertz CT molecular complexity index is 476. The van der Waals surface area contributed by atoms with E-state index in [1.54, 1.807) is 0 Å². The molecule has 2 aliphatic rings. The highest BCUT2D eigenvalue weighted by Gasteiger charge is 2.37. The van der Waals surface area contributed by atoms with E-state index in [0.29, 0.717) is 6.10 Å². The summed E-state index contributed by atoms with van der Waals surface area (Å²) in [5.41, 5.74) is 0.876. The Balaban J connectivity index is 1.84. The van der Waals surface area contributed by atoms with Gasteiger partial charge >= 0.3 is 0 Å². The van der Waals surface area contributed by atoms with E-state index in [4.69, 9.17) is 11.2 Å². The van der Waals surface area contributed by atoms with Crippen molar-refractivity contribution in [3.05, 3.63) is 23.9 Å². The lowest BCUT2D eigenvalue weighted by molar-refractivity contribution is -0.0273. The molecule has 0 spiro atoms. The number of rotatable bonds is 2. The summed E-state index contributed by atoms with van der Waals surface area (Å²) in [6.07, 6.45) is 10.6. The molecule has 0 aromatic carbocycles. The second kappa shape index (κ2) is 4.62. The van der Waals surface area contributed by atoms with Crippen molar-refractivity contribution in [1.82, 2.24) is 4.98 Å². The van der Waals surface area contributed by atoms with Gasteiger partial charge in [-0.15, -0.1) is 6.42 Å². The molecule has 3 nitrogen and oxygen atoms in total. The Kier molecular flexibility index (Phi) is 2.97. The zero-order valence-electron chi connectivity index (χ0n) is 10.7. The monoisotopic (exact) mass is 242 g/mol. The van der Waals surface area contributed by atoms with Gasteiger partial charge in [-0.2, -0.15) is 0 Å². The molecule has 2 atom stereocenters. The maximum Gasteiger partial charge on any atom is 0.144 e. The van der Waals surface area contributed by atoms with Crippen LogP contribution in [0.25, 0.3) is 0 Å². The van der Waals surface area contributed by atoms with Crippen LogP contribution in [-0.4, -0.2) is 30.3 Å². The van der Waals surface area contributed by atoms with Gasteiger partial charge in [0.05, 0.1) is 17.8 Å². The number of ether oxygens (including phenoxy) is 1. The highest BCUT2D eigenvalue weighted by Crippen LogP contribution is 2.37. The lowest BCUT2D eigenvalue weighted by Gasteiger charge is -2.38. The Morgan fingerprint density at radius 3 is 3.00 bits per heavy atom. The zero-order chi connectivity index (χ0) is 12.5. The van der Waals surface area contributed by atoms with Gasteiger partial charge in [0.2, 0.25) is 0 Å². The number of aromatic nitrogens is 1. The predicted molar refractivity (Wildman–Crippen MR) is 71.4 cm³/mol. The minimum absolute atomic E-state index is 0.247. The fourth-order valence-electron chi connectivity index (χ4n) is 2.65. The summed E-state index contributed by atoms with van der Waals surface area (Å²) in [7, 11) is 0. The molecule has 18 heavy (non-hydrogen) atoms. The molecule has 0 N–H and O–H groups in total. The molecule has 1 saturated heterocycles. The average Bonchev–Trinajstić information content (AvgIpc) is 3.22. The first-order chi connectivity index (χ1) is 8.78. The summed E-state index contributed by atoms with van der Waals surface area (Å²) in [6, 6.07) is 3.84. The van der Waals surface area contributed by atoms with E-state index < -0.39 is 0 Å². The summed E-state index contributed by atoms with van der Waals surface area (Å²) in [4.78, 5) is 6.73. The maximum atomic E-state index is 6.01. The lowest BCUT2D eigenvalue weighted by Crippen LogP contribution is -2.48. The van der Waals surface area contributed by atoms with Gasteiger partial charge < -0.3 is 9.64 Å². The normalized spacial score (nSPS) is 27.9. The Hall–Kier alpha value is -1.53. The van der Waals surface area contributed by atoms with Crippen LogP contribution in [0.2, 0.25) is 0 Å². The molecule has 0 radical (unpaired) electrons. The molecular weight excluding hydrogens is 224 g/mol. The van der Waals surface area contributed by atoms with Crippen molar-refractivity contribution in [2.24, 2.45) is 5.92 Å². The molecule has 2 heterocycles. The van der Waals surface area contributed by atoms with Crippen molar-refractivity contribution < 1.29 is 4.74 Å². The number of hydrogen-bond donors (Lipinski definition) is 0. The average molecular weight is 242 g/mol. The molecular formula is C15H18N2O. The van der Waals surface area contributed by atoms with E-state index in [-0.39, 0.29) is 6.10 Å². The van der Waals surface area contributed by atoms with Crippen LogP contribution in [0.1, 0.15) is 25.3 Å². The third-order valence-electron chi connectivity index (χ3n) is 3.67. The molecule has 0 amide bonds. The van der Waals surface area contributed by atoms with Crippen LogP contribution < -0.4 is 4.90 Å². The maximum absolute atomic E-state index is 6.01. The topological polar surface area (TPSA) is 25.4 Å². The van der Waals surface area contributed by atoms with Crippen LogP contribution in [0.3, 0.4) is 0 Å². The molecule has 0 unspecified atom stereocenters. The van der Waals surface area contributed by atoms with Crippen LogP contribution in [0.4, 0.5) is 5.82 Å². The fourth-order valence-corrected chi connectivity index (χ4v) is 2.65. The number of morpholine rings is 1. The zero-order valence-corrected chi connectivity index (χ0v) is 10.7. The van der Waals surface area contributed by atoms with Crippen molar-refractivity contribution in [3.63, 3.8) is 0 Å². The van der Waals surface area contributed by atoms with Gasteiger partial charge in [-0.05, 0) is 37.8 Å². The number of terminal acetylenes is 1. The van der Waals surface area contributed by atoms with Crippen molar-refractivity contribution in [1.29, 1.82) is 0 Å². The summed E-state index contributed by atoms with van der Waals surface area (Å²) < 4.78 is 6.01. The third kappa shape index (κ3) is 2.21. The van der Waals surface area contributed by atoms with Crippen molar-refractivity contribution in [3.8, 4) is 12.3 Å². The molecule has 1 aromatic rings. The molecule has 3 rings (SSSR count). The minimum atomic E-state index is 0.247. The van der Waals surface area contributed by atoms with Gasteiger partial charge in [0, 0.05) is 19.3 Å². The summed E-state index contributed by atoms with van der Waals surface area (Å²) in [5, 5.41) is 0. The van der Waals surface area contributed by atoms with Crippen LogP contribution in [0.5, 0.6) is 0 Å². The molecule has 1 aromatic heterocycles. The molecule has 94 valence electrons. The van der Waals surface area contributed by atoms with Crippen molar-refractivity contribution >= 4 is 5.82 Å². The summed E-state index contributed by atoms with van der Waals surface area (Å²) in [5.74, 6) is 4.40. The van der Waals surface area contributed by atoms with Gasteiger partial charge in [0.15, 0.2) is 0 Å². The molecule has 1 aliphatic carbocycles. The SMILES string of the molecule is C#Cc1cccnc1N1C[C@@H](C)O[C@@H](C2CC2)C1. The van der Waals surface area contributed by atoms with E-state index in [9.17, 15) is 0 Å². The first kappa shape index (κ1) is 11.6. The third-order valence-corrected chi connectivity index (χ3v) is 3.67. The van der Waals surface area contributed by atoms with E-state index in [1.807, 2.05) is 18.3 Å². The van der Waals surface area contributed by atoms with Gasteiger partial charge in [-0.25, -0.2) is 4.98 Å². The standard InChI is InChI=1S/C15H18N2O/c1-3-12-5-4-8-16-15(12)17-9-11(2)18-14(10-17)13-6-7-13/h1,4-5,8,11,13-14H,6-7,9-10H2,2H3/t11-,14-/m1/s1. The van der Waals surface area contributed by atoms with Crippen molar-refractivity contribution in [2.75, 3.05) is 18.0 Å². The van der Waals surface area contributed by atoms with Gasteiger partial charge in [-0.3, -0.25) is 0 Å². The smallest absolute Gasteiger partial charge is 0.144 e. The predicted octanol–water partition coefficient (Wildman–Crippen LogP) is 2.07. The molecule has 3 heteroatoms. The second-order valence-electron chi connectivity index (χ2n) is 5.25. The van der Waals surface area contributed by atoms with Gasteiger partial charge in [0.1, 0.15) is 5.82 Å². The van der Waals surface area contributed by atoms with E-state index in [1.165, 1.54) is 12.8 Å². The first-order valence-electron chi connectivity index (χ1n) is 6.60. The number of nitrogens with zero attached hydrogens (tertiary/aromatic N) is 2. The molecule has 0 bridgehead atoms. The molecule has 2 fully saturated rings. The summed E-state index contributed by atoms with van der Waals surface area (Å²) in [6.45, 7) is 3.91. The number of pyridine rings is 1. The van der Waals surface area contributed by atoms with Crippen molar-refractivity contribution in [2.45, 2.75) is 32.0 Å². The highest BCUT2D eigenvalue weighted by atomic mass is 16.5. The number of hydrogen-bond acceptors (Lipinski definition) is 3. The molecule has 1 saturated carbocycles. The van der Waals surface area contributed by atoms with Gasteiger partial charge in [-0.1, -0.05) is 5.92 Å². The Morgan fingerprint density at radius 2 is 2.28 bits per heavy atom. The Morgan fingerprint density at radius 1 is 1.44 bits per heavy atom. The highest BCUT2D eigenvalue weighted by molar-refractivity contribution is 5.55. The van der Waals surface area contributed by atoms with Crippen LogP contribution in [0, 0.1) is 18.3 Å². The fraction of sp³-hybridized carbons (Fsp3) is 0.533. The van der Waals surface area contributed by atoms with Crippen LogP contribution in [0.15, 0.2) is 18.3 Å². The van der Waals surface area contributed by atoms with Gasteiger partial charge in [0.25, 0.3) is 0 Å². The van der Waals surface area contributed by atoms with E-state index >= 15 is 0 Å². The number of anilines is 1. The first-order valence-corrected chi connectivity index (χ1v) is 6.60. The Labute approximate surface area is 108 Å². The molecule has 1 aliphatic heterocycles. The largest absolute Gasteiger partial charge is 0.371 e. The van der Waals surface area contributed by atoms with E-state index in [0.717, 1.165) is 30.4 Å². The van der Waals surface area contributed by atoms with Crippen LogP contribution in [-0.2, 0) is 4.74 Å². The van der Waals surface area contributed by atoms with E-state index in [2.05, 4.69) is 22.7 Å². The second-order valence-corrected chi connectivity index (χ2v) is 5.25.